The van der Waals surface area contributed by atoms with E-state index in [1.165, 1.54) is 6.07 Å². The number of nitrogens with one attached hydrogen (secondary N) is 1. The van der Waals surface area contributed by atoms with Crippen molar-refractivity contribution >= 4 is 16.7 Å². The molecule has 0 spiro atoms. The summed E-state index contributed by atoms with van der Waals surface area (Å²) in [5, 5.41) is 0.921. The highest BCUT2D eigenvalue weighted by Crippen LogP contribution is 2.35. The number of carbonyl (C=O) groups excluding carboxylic acids is 1. The van der Waals surface area contributed by atoms with Gasteiger partial charge in [-0.1, -0.05) is 12.1 Å². The van der Waals surface area contributed by atoms with Crippen molar-refractivity contribution in [1.82, 2.24) is 4.98 Å². The van der Waals surface area contributed by atoms with Gasteiger partial charge in [0.2, 0.25) is 0 Å². The molecule has 2 aromatic rings. The summed E-state index contributed by atoms with van der Waals surface area (Å²) < 4.78 is 13.5. The van der Waals surface area contributed by atoms with Crippen LogP contribution in [0.3, 0.4) is 0 Å². The number of aromatic amines is 1. The quantitative estimate of drug-likeness (QED) is 0.800. The molecule has 2 nitrogen and oxygen atoms in total. The second-order valence-electron chi connectivity index (χ2n) is 4.74. The number of hydrogen-bond donors (Lipinski definition) is 1. The summed E-state index contributed by atoms with van der Waals surface area (Å²) in [4.78, 5) is 14.5. The summed E-state index contributed by atoms with van der Waals surface area (Å²) in [6.07, 6.45) is 5.13. The van der Waals surface area contributed by atoms with Crippen molar-refractivity contribution in [3.05, 3.63) is 35.8 Å². The van der Waals surface area contributed by atoms with E-state index in [1.54, 1.807) is 6.07 Å². The van der Waals surface area contributed by atoms with E-state index in [9.17, 15) is 9.18 Å². The maximum Gasteiger partial charge on any atom is 0.147 e. The minimum atomic E-state index is -0.226. The van der Waals surface area contributed by atoms with Crippen LogP contribution >= 0.6 is 0 Å². The van der Waals surface area contributed by atoms with Crippen LogP contribution in [0.15, 0.2) is 24.4 Å². The topological polar surface area (TPSA) is 32.9 Å². The van der Waals surface area contributed by atoms with Gasteiger partial charge in [0.15, 0.2) is 0 Å². The van der Waals surface area contributed by atoms with Crippen molar-refractivity contribution in [2.75, 3.05) is 0 Å². The van der Waals surface area contributed by atoms with Gasteiger partial charge in [-0.2, -0.15) is 0 Å². The van der Waals surface area contributed by atoms with Crippen LogP contribution < -0.4 is 0 Å². The van der Waals surface area contributed by atoms with Gasteiger partial charge in [-0.25, -0.2) is 4.39 Å². The van der Waals surface area contributed by atoms with E-state index in [4.69, 9.17) is 0 Å². The van der Waals surface area contributed by atoms with Crippen molar-refractivity contribution in [2.45, 2.75) is 31.6 Å². The minimum Gasteiger partial charge on any atom is -0.359 e. The summed E-state index contributed by atoms with van der Waals surface area (Å²) in [6, 6.07) is 5.09. The van der Waals surface area contributed by atoms with Crippen LogP contribution in [-0.4, -0.2) is 10.8 Å². The first-order valence-electron chi connectivity index (χ1n) is 6.03. The maximum absolute atomic E-state index is 13.5. The molecule has 1 atom stereocenters. The Morgan fingerprint density at radius 2 is 2.24 bits per heavy atom. The van der Waals surface area contributed by atoms with Crippen LogP contribution in [0, 0.1) is 5.82 Å². The fourth-order valence-corrected chi connectivity index (χ4v) is 2.77. The first-order valence-corrected chi connectivity index (χ1v) is 6.03. The molecule has 0 aliphatic heterocycles. The smallest absolute Gasteiger partial charge is 0.147 e. The Kier molecular flexibility index (Phi) is 2.46. The minimum absolute atomic E-state index is 0.226. The van der Waals surface area contributed by atoms with Crippen molar-refractivity contribution in [3.8, 4) is 0 Å². The van der Waals surface area contributed by atoms with Crippen molar-refractivity contribution in [2.24, 2.45) is 0 Å². The molecule has 0 amide bonds. The van der Waals surface area contributed by atoms with Crippen molar-refractivity contribution < 1.29 is 9.18 Å². The Bertz CT molecular complexity index is 573. The molecule has 0 bridgehead atoms. The van der Waals surface area contributed by atoms with E-state index in [-0.39, 0.29) is 11.7 Å². The lowest BCUT2D eigenvalue weighted by atomic mass is 9.83. The lowest BCUT2D eigenvalue weighted by molar-refractivity contribution is -0.120. The number of Topliss-reactive ketones (excluding diaryl/α,β-unsaturated/α-hetero) is 1. The van der Waals surface area contributed by atoms with Crippen LogP contribution in [0.25, 0.3) is 10.9 Å². The predicted molar refractivity (Wildman–Crippen MR) is 64.5 cm³/mol. The summed E-state index contributed by atoms with van der Waals surface area (Å²) in [6.45, 7) is 0. The van der Waals surface area contributed by atoms with Gasteiger partial charge in [-0.15, -0.1) is 0 Å². The molecule has 1 saturated carbocycles. The molecule has 1 N–H and O–H groups in total. The number of para-hydroxylation sites is 1. The lowest BCUT2D eigenvalue weighted by Crippen LogP contribution is -2.12. The molecule has 1 aromatic heterocycles. The van der Waals surface area contributed by atoms with Gasteiger partial charge in [0.05, 0.1) is 5.52 Å². The SMILES string of the molecule is O=C1CCCC(c2c[nH]c3c(F)cccc23)C1. The largest absolute Gasteiger partial charge is 0.359 e. The van der Waals surface area contributed by atoms with Crippen molar-refractivity contribution in [3.63, 3.8) is 0 Å². The Labute approximate surface area is 98.8 Å². The standard InChI is InChI=1S/C14H14FNO/c15-13-6-2-5-11-12(8-16-14(11)13)9-3-1-4-10(17)7-9/h2,5-6,8-9,16H,1,3-4,7H2. The van der Waals surface area contributed by atoms with Gasteiger partial charge in [0.1, 0.15) is 11.6 Å². The number of ketones is 1. The third kappa shape index (κ3) is 1.75. The van der Waals surface area contributed by atoms with Crippen LogP contribution in [0.1, 0.15) is 37.2 Å². The van der Waals surface area contributed by atoms with E-state index >= 15 is 0 Å². The first kappa shape index (κ1) is 10.5. The summed E-state index contributed by atoms with van der Waals surface area (Å²) >= 11 is 0. The highest BCUT2D eigenvalue weighted by Gasteiger charge is 2.23. The molecular weight excluding hydrogens is 217 g/mol. The second kappa shape index (κ2) is 3.99. The molecule has 0 radical (unpaired) electrons. The van der Waals surface area contributed by atoms with Gasteiger partial charge in [-0.3, -0.25) is 4.79 Å². The number of hydrogen-bond acceptors (Lipinski definition) is 1. The highest BCUT2D eigenvalue weighted by molar-refractivity contribution is 5.86. The molecule has 1 aliphatic carbocycles. The number of halogens is 1. The zero-order valence-corrected chi connectivity index (χ0v) is 9.50. The van der Waals surface area contributed by atoms with E-state index in [2.05, 4.69) is 4.98 Å². The molecule has 1 aliphatic rings. The zero-order valence-electron chi connectivity index (χ0n) is 9.50. The third-order valence-corrected chi connectivity index (χ3v) is 3.62. The third-order valence-electron chi connectivity index (χ3n) is 3.62. The summed E-state index contributed by atoms with van der Waals surface area (Å²) in [7, 11) is 0. The van der Waals surface area contributed by atoms with E-state index < -0.39 is 0 Å². The van der Waals surface area contributed by atoms with Crippen LogP contribution in [0.4, 0.5) is 4.39 Å². The average Bonchev–Trinajstić information content (AvgIpc) is 2.74. The first-order chi connectivity index (χ1) is 8.25. The zero-order chi connectivity index (χ0) is 11.8. The summed E-state index contributed by atoms with van der Waals surface area (Å²) in [5.74, 6) is 0.356. The van der Waals surface area contributed by atoms with Gasteiger partial charge in [0, 0.05) is 24.4 Å². The second-order valence-corrected chi connectivity index (χ2v) is 4.74. The van der Waals surface area contributed by atoms with Gasteiger partial charge in [-0.05, 0) is 30.4 Å². The predicted octanol–water partition coefficient (Wildman–Crippen LogP) is 3.53. The Balaban J connectivity index is 2.05. The molecule has 88 valence electrons. The van der Waals surface area contributed by atoms with Gasteiger partial charge >= 0.3 is 0 Å². The van der Waals surface area contributed by atoms with Crippen LogP contribution in [-0.2, 0) is 4.79 Å². The fraction of sp³-hybridized carbons (Fsp3) is 0.357. The van der Waals surface area contributed by atoms with Crippen molar-refractivity contribution in [1.29, 1.82) is 0 Å². The number of fused-ring (bicyclic) bond motifs is 1. The van der Waals surface area contributed by atoms with Crippen LogP contribution in [0.2, 0.25) is 0 Å². The van der Waals surface area contributed by atoms with E-state index in [0.29, 0.717) is 24.1 Å². The Morgan fingerprint density at radius 1 is 1.35 bits per heavy atom. The summed E-state index contributed by atoms with van der Waals surface area (Å²) in [5.41, 5.74) is 1.65. The molecular formula is C14H14FNO. The number of aromatic nitrogens is 1. The lowest BCUT2D eigenvalue weighted by Gasteiger charge is -2.20. The monoisotopic (exact) mass is 231 g/mol. The Morgan fingerprint density at radius 3 is 3.06 bits per heavy atom. The molecule has 1 fully saturated rings. The fourth-order valence-electron chi connectivity index (χ4n) is 2.77. The van der Waals surface area contributed by atoms with E-state index in [1.807, 2.05) is 12.3 Å². The number of H-pyrrole nitrogens is 1. The van der Waals surface area contributed by atoms with Gasteiger partial charge in [0.25, 0.3) is 0 Å². The average molecular weight is 231 g/mol. The normalized spacial score (nSPS) is 21.0. The van der Waals surface area contributed by atoms with Crippen LogP contribution in [0.5, 0.6) is 0 Å². The highest BCUT2D eigenvalue weighted by atomic mass is 19.1. The molecule has 1 aromatic carbocycles. The maximum atomic E-state index is 13.5. The molecule has 3 heteroatoms. The molecule has 0 saturated heterocycles. The van der Waals surface area contributed by atoms with E-state index in [0.717, 1.165) is 23.8 Å². The van der Waals surface area contributed by atoms with Gasteiger partial charge < -0.3 is 4.98 Å². The number of rotatable bonds is 1. The Hall–Kier alpha value is -1.64. The number of benzene rings is 1. The molecule has 17 heavy (non-hydrogen) atoms. The molecule has 1 unspecified atom stereocenters. The molecule has 3 rings (SSSR count). The molecule has 1 heterocycles. The number of carbonyl (C=O) groups is 1.